The Morgan fingerprint density at radius 2 is 2.33 bits per heavy atom. The molecule has 1 atom stereocenters. The first-order chi connectivity index (χ1) is 7.18. The second-order valence-electron chi connectivity index (χ2n) is 3.73. The van der Waals surface area contributed by atoms with Crippen LogP contribution in [0.5, 0.6) is 0 Å². The maximum atomic E-state index is 11.5. The third-order valence-electron chi connectivity index (χ3n) is 2.64. The van der Waals surface area contributed by atoms with E-state index in [2.05, 4.69) is 10.3 Å². The molecule has 15 heavy (non-hydrogen) atoms. The van der Waals surface area contributed by atoms with Crippen LogP contribution in [-0.2, 0) is 9.84 Å². The zero-order chi connectivity index (χ0) is 10.7. The average molecular weight is 226 g/mol. The van der Waals surface area contributed by atoms with Gasteiger partial charge >= 0.3 is 0 Å². The van der Waals surface area contributed by atoms with Crippen LogP contribution in [0.25, 0.3) is 0 Å². The fourth-order valence-corrected chi connectivity index (χ4v) is 3.54. The predicted molar refractivity (Wildman–Crippen MR) is 59.5 cm³/mol. The van der Waals surface area contributed by atoms with Gasteiger partial charge in [-0.1, -0.05) is 6.07 Å². The lowest BCUT2D eigenvalue weighted by atomic mass is 10.2. The molecule has 0 amide bonds. The lowest BCUT2D eigenvalue weighted by Gasteiger charge is -2.10. The maximum Gasteiger partial charge on any atom is 0.154 e. The van der Waals surface area contributed by atoms with Gasteiger partial charge in [-0.25, -0.2) is 13.4 Å². The second kappa shape index (κ2) is 4.18. The molecule has 1 aliphatic heterocycles. The zero-order valence-electron chi connectivity index (χ0n) is 8.39. The van der Waals surface area contributed by atoms with E-state index in [4.69, 9.17) is 0 Å². The molecule has 5 heteroatoms. The number of anilines is 1. The summed E-state index contributed by atoms with van der Waals surface area (Å²) in [6, 6.07) is 5.54. The van der Waals surface area contributed by atoms with Gasteiger partial charge in [-0.15, -0.1) is 0 Å². The number of sulfone groups is 1. The van der Waals surface area contributed by atoms with Gasteiger partial charge in [0.25, 0.3) is 0 Å². The molecule has 2 heterocycles. The molecule has 82 valence electrons. The lowest BCUT2D eigenvalue weighted by Crippen LogP contribution is -2.25. The Labute approximate surface area is 89.6 Å². The van der Waals surface area contributed by atoms with E-state index in [-0.39, 0.29) is 5.25 Å². The molecule has 1 N–H and O–H groups in total. The van der Waals surface area contributed by atoms with Crippen molar-refractivity contribution in [3.8, 4) is 0 Å². The summed E-state index contributed by atoms with van der Waals surface area (Å²) in [6.07, 6.45) is 3.24. The molecule has 1 unspecified atom stereocenters. The molecular weight excluding hydrogens is 212 g/mol. The van der Waals surface area contributed by atoms with Crippen molar-refractivity contribution in [3.63, 3.8) is 0 Å². The Kier molecular flexibility index (Phi) is 2.90. The highest BCUT2D eigenvalue weighted by atomic mass is 32.2. The second-order valence-corrected chi connectivity index (χ2v) is 6.13. The Hall–Kier alpha value is -1.10. The lowest BCUT2D eigenvalue weighted by molar-refractivity contribution is 0.591. The third-order valence-corrected chi connectivity index (χ3v) is 4.91. The van der Waals surface area contributed by atoms with Gasteiger partial charge < -0.3 is 5.32 Å². The third kappa shape index (κ3) is 2.47. The number of pyridine rings is 1. The van der Waals surface area contributed by atoms with Crippen molar-refractivity contribution in [2.45, 2.75) is 18.1 Å². The topological polar surface area (TPSA) is 59.1 Å². The first kappa shape index (κ1) is 10.4. The van der Waals surface area contributed by atoms with E-state index >= 15 is 0 Å². The van der Waals surface area contributed by atoms with Crippen molar-refractivity contribution in [1.82, 2.24) is 4.98 Å². The van der Waals surface area contributed by atoms with Gasteiger partial charge in [-0.3, -0.25) is 0 Å². The van der Waals surface area contributed by atoms with E-state index in [1.165, 1.54) is 0 Å². The van der Waals surface area contributed by atoms with E-state index in [0.717, 1.165) is 18.7 Å². The van der Waals surface area contributed by atoms with E-state index in [9.17, 15) is 8.42 Å². The van der Waals surface area contributed by atoms with Gasteiger partial charge in [0.15, 0.2) is 9.84 Å². The minimum absolute atomic E-state index is 0.237. The molecule has 0 aromatic carbocycles. The van der Waals surface area contributed by atoms with E-state index in [1.54, 1.807) is 6.20 Å². The SMILES string of the molecule is O=S1(=O)CCCC1CNc1ccccn1. The van der Waals surface area contributed by atoms with E-state index in [0.29, 0.717) is 12.3 Å². The molecule has 1 aromatic heterocycles. The number of aromatic nitrogens is 1. The quantitative estimate of drug-likeness (QED) is 0.837. The molecule has 1 aliphatic rings. The summed E-state index contributed by atoms with van der Waals surface area (Å²) in [5, 5.41) is 2.82. The summed E-state index contributed by atoms with van der Waals surface area (Å²) >= 11 is 0. The average Bonchev–Trinajstić information content (AvgIpc) is 2.56. The van der Waals surface area contributed by atoms with Gasteiger partial charge in [-0.2, -0.15) is 0 Å². The number of hydrogen-bond acceptors (Lipinski definition) is 4. The number of rotatable bonds is 3. The van der Waals surface area contributed by atoms with Gasteiger partial charge in [0, 0.05) is 12.7 Å². The Bertz CT molecular complexity index is 416. The summed E-state index contributed by atoms with van der Waals surface area (Å²) in [6.45, 7) is 0.472. The molecule has 1 aromatic rings. The predicted octanol–water partition coefficient (Wildman–Crippen LogP) is 1.07. The van der Waals surface area contributed by atoms with Crippen molar-refractivity contribution in [1.29, 1.82) is 0 Å². The fourth-order valence-electron chi connectivity index (χ4n) is 1.77. The summed E-state index contributed by atoms with van der Waals surface area (Å²) in [5.41, 5.74) is 0. The number of nitrogens with zero attached hydrogens (tertiary/aromatic N) is 1. The van der Waals surface area contributed by atoms with E-state index < -0.39 is 9.84 Å². The molecule has 4 nitrogen and oxygen atoms in total. The molecule has 2 rings (SSSR count). The van der Waals surface area contributed by atoms with Crippen molar-refractivity contribution in [2.75, 3.05) is 17.6 Å². The molecule has 0 aliphatic carbocycles. The van der Waals surface area contributed by atoms with Crippen LogP contribution in [0.4, 0.5) is 5.82 Å². The number of hydrogen-bond donors (Lipinski definition) is 1. The van der Waals surface area contributed by atoms with Gasteiger partial charge in [0.1, 0.15) is 5.82 Å². The molecule has 1 saturated heterocycles. The molecule has 0 bridgehead atoms. The van der Waals surface area contributed by atoms with Crippen molar-refractivity contribution in [3.05, 3.63) is 24.4 Å². The minimum Gasteiger partial charge on any atom is -0.369 e. The monoisotopic (exact) mass is 226 g/mol. The van der Waals surface area contributed by atoms with Crippen molar-refractivity contribution >= 4 is 15.7 Å². The van der Waals surface area contributed by atoms with Crippen LogP contribution in [0.1, 0.15) is 12.8 Å². The molecule has 0 spiro atoms. The smallest absolute Gasteiger partial charge is 0.154 e. The highest BCUT2D eigenvalue weighted by Crippen LogP contribution is 2.20. The van der Waals surface area contributed by atoms with Gasteiger partial charge in [-0.05, 0) is 25.0 Å². The molecule has 1 fully saturated rings. The van der Waals surface area contributed by atoms with Gasteiger partial charge in [0.05, 0.1) is 11.0 Å². The highest BCUT2D eigenvalue weighted by Gasteiger charge is 2.30. The van der Waals surface area contributed by atoms with Crippen LogP contribution in [-0.4, -0.2) is 30.9 Å². The highest BCUT2D eigenvalue weighted by molar-refractivity contribution is 7.92. The van der Waals surface area contributed by atoms with Crippen LogP contribution in [0.15, 0.2) is 24.4 Å². The Morgan fingerprint density at radius 1 is 1.47 bits per heavy atom. The summed E-state index contributed by atoms with van der Waals surface area (Å²) in [7, 11) is -2.85. The van der Waals surface area contributed by atoms with Crippen LogP contribution in [0.2, 0.25) is 0 Å². The summed E-state index contributed by atoms with van der Waals surface area (Å²) < 4.78 is 23.0. The van der Waals surface area contributed by atoms with Crippen LogP contribution >= 0.6 is 0 Å². The number of nitrogens with one attached hydrogen (secondary N) is 1. The first-order valence-corrected chi connectivity index (χ1v) is 6.76. The Morgan fingerprint density at radius 3 is 2.93 bits per heavy atom. The largest absolute Gasteiger partial charge is 0.369 e. The van der Waals surface area contributed by atoms with Crippen molar-refractivity contribution < 1.29 is 8.42 Å². The van der Waals surface area contributed by atoms with Crippen LogP contribution < -0.4 is 5.32 Å². The van der Waals surface area contributed by atoms with Crippen LogP contribution in [0.3, 0.4) is 0 Å². The molecule has 0 saturated carbocycles. The zero-order valence-corrected chi connectivity index (χ0v) is 9.20. The molecule has 0 radical (unpaired) electrons. The summed E-state index contributed by atoms with van der Waals surface area (Å²) in [4.78, 5) is 4.08. The minimum atomic E-state index is -2.85. The van der Waals surface area contributed by atoms with Crippen molar-refractivity contribution in [2.24, 2.45) is 0 Å². The first-order valence-electron chi connectivity index (χ1n) is 5.05. The summed E-state index contributed by atoms with van der Waals surface area (Å²) in [5.74, 6) is 1.07. The maximum absolute atomic E-state index is 11.5. The Balaban J connectivity index is 1.94. The normalized spacial score (nSPS) is 23.9. The van der Waals surface area contributed by atoms with E-state index in [1.807, 2.05) is 18.2 Å². The van der Waals surface area contributed by atoms with Crippen LogP contribution in [0, 0.1) is 0 Å². The standard InChI is InChI=1S/C10H14N2O2S/c13-15(14)7-3-4-9(15)8-12-10-5-1-2-6-11-10/h1-2,5-6,9H,3-4,7-8H2,(H,11,12). The molecular formula is C10H14N2O2S. The fraction of sp³-hybridized carbons (Fsp3) is 0.500. The van der Waals surface area contributed by atoms with Gasteiger partial charge in [0.2, 0.25) is 0 Å².